The minimum absolute atomic E-state index is 0.0110. The molecule has 0 fully saturated rings. The van der Waals surface area contributed by atoms with Gasteiger partial charge in [0.15, 0.2) is 0 Å². The molecule has 0 rings (SSSR count). The summed E-state index contributed by atoms with van der Waals surface area (Å²) < 4.78 is 9.71. The number of ketones is 1. The van der Waals surface area contributed by atoms with Crippen LogP contribution < -0.4 is 0 Å². The molecule has 98 valence electrons. The maximum Gasteiger partial charge on any atom is 0.302 e. The number of ether oxygens (including phenoxy) is 2. The van der Waals surface area contributed by atoms with E-state index in [1.807, 2.05) is 0 Å². The highest BCUT2D eigenvalue weighted by atomic mass is 16.5. The first kappa shape index (κ1) is 15.6. The molecule has 0 amide bonds. The molecule has 0 spiro atoms. The average molecular weight is 245 g/mol. The zero-order valence-corrected chi connectivity index (χ0v) is 10.7. The molecule has 6 nitrogen and oxygen atoms in total. The molecule has 0 heterocycles. The van der Waals surface area contributed by atoms with Gasteiger partial charge in [0.25, 0.3) is 0 Å². The third-order valence-corrected chi connectivity index (χ3v) is 2.05. The van der Waals surface area contributed by atoms with E-state index >= 15 is 0 Å². The summed E-state index contributed by atoms with van der Waals surface area (Å²) in [6, 6.07) is -0.313. The second-order valence-corrected chi connectivity index (χ2v) is 3.88. The lowest BCUT2D eigenvalue weighted by molar-refractivity contribution is -0.146. The third-order valence-electron chi connectivity index (χ3n) is 2.05. The number of hydrogen-bond donors (Lipinski definition) is 0. The van der Waals surface area contributed by atoms with Crippen LogP contribution in [0.1, 0.15) is 20.8 Å². The molecule has 0 N–H and O–H groups in total. The normalized spacial score (nSPS) is 10.5. The summed E-state index contributed by atoms with van der Waals surface area (Å²) in [6.07, 6.45) is 0. The summed E-state index contributed by atoms with van der Waals surface area (Å²) >= 11 is 0. The number of Topliss-reactive ketones (excluding diaryl/α,β-unsaturated/α-hetero) is 1. The fourth-order valence-corrected chi connectivity index (χ4v) is 1.21. The van der Waals surface area contributed by atoms with Gasteiger partial charge in [0, 0.05) is 13.8 Å². The minimum Gasteiger partial charge on any atom is -0.464 e. The molecule has 17 heavy (non-hydrogen) atoms. The predicted octanol–water partition coefficient (Wildman–Crippen LogP) is 0.00200. The van der Waals surface area contributed by atoms with E-state index in [-0.39, 0.29) is 31.6 Å². The second kappa shape index (κ2) is 7.78. The van der Waals surface area contributed by atoms with Crippen molar-refractivity contribution in [2.75, 3.05) is 26.8 Å². The number of nitrogens with zero attached hydrogens (tertiary/aromatic N) is 1. The summed E-state index contributed by atoms with van der Waals surface area (Å²) in [5.41, 5.74) is 0. The Hall–Kier alpha value is -1.43. The van der Waals surface area contributed by atoms with Crippen LogP contribution in [0.2, 0.25) is 0 Å². The van der Waals surface area contributed by atoms with Gasteiger partial charge in [-0.3, -0.25) is 19.3 Å². The SMILES string of the molecule is CC(=O)CN(C)C(COC(C)=O)COC(C)=O. The molecule has 0 unspecified atom stereocenters. The van der Waals surface area contributed by atoms with E-state index < -0.39 is 11.9 Å². The monoisotopic (exact) mass is 245 g/mol. The number of carbonyl (C=O) groups excluding carboxylic acids is 3. The first-order valence-corrected chi connectivity index (χ1v) is 5.29. The van der Waals surface area contributed by atoms with Crippen molar-refractivity contribution in [1.29, 1.82) is 0 Å². The molecule has 0 radical (unpaired) electrons. The molecular formula is C11H19NO5. The van der Waals surface area contributed by atoms with Gasteiger partial charge < -0.3 is 9.47 Å². The lowest BCUT2D eigenvalue weighted by atomic mass is 10.2. The molecule has 6 heteroatoms. The Morgan fingerprint density at radius 2 is 1.41 bits per heavy atom. The summed E-state index contributed by atoms with van der Waals surface area (Å²) in [6.45, 7) is 4.46. The van der Waals surface area contributed by atoms with Crippen LogP contribution >= 0.6 is 0 Å². The van der Waals surface area contributed by atoms with E-state index in [9.17, 15) is 14.4 Å². The Morgan fingerprint density at radius 1 is 1.00 bits per heavy atom. The Labute approximate surface area is 101 Å². The first-order chi connectivity index (χ1) is 7.82. The molecule has 0 saturated heterocycles. The van der Waals surface area contributed by atoms with Crippen LogP contribution in [-0.2, 0) is 23.9 Å². The van der Waals surface area contributed by atoms with Crippen LogP contribution in [0, 0.1) is 0 Å². The van der Waals surface area contributed by atoms with Gasteiger partial charge in [-0.2, -0.15) is 0 Å². The van der Waals surface area contributed by atoms with Gasteiger partial charge in [0.1, 0.15) is 19.0 Å². The van der Waals surface area contributed by atoms with Gasteiger partial charge in [0.05, 0.1) is 12.6 Å². The Bertz CT molecular complexity index is 272. The maximum absolute atomic E-state index is 11.0. The van der Waals surface area contributed by atoms with Gasteiger partial charge in [-0.25, -0.2) is 0 Å². The minimum atomic E-state index is -0.408. The highest BCUT2D eigenvalue weighted by molar-refractivity contribution is 5.77. The highest BCUT2D eigenvalue weighted by Crippen LogP contribution is 2.00. The van der Waals surface area contributed by atoms with Crippen LogP contribution in [0.25, 0.3) is 0 Å². The smallest absolute Gasteiger partial charge is 0.302 e. The number of likely N-dealkylation sites (N-methyl/N-ethyl adjacent to an activating group) is 1. The molecule has 0 bridgehead atoms. The predicted molar refractivity (Wildman–Crippen MR) is 60.4 cm³/mol. The second-order valence-electron chi connectivity index (χ2n) is 3.88. The highest BCUT2D eigenvalue weighted by Gasteiger charge is 2.18. The van der Waals surface area contributed by atoms with Crippen molar-refractivity contribution in [3.8, 4) is 0 Å². The van der Waals surface area contributed by atoms with Crippen molar-refractivity contribution in [1.82, 2.24) is 4.90 Å². The Balaban J connectivity index is 4.31. The van der Waals surface area contributed by atoms with Crippen LogP contribution in [0.5, 0.6) is 0 Å². The lowest BCUT2D eigenvalue weighted by Crippen LogP contribution is -2.42. The maximum atomic E-state index is 11.0. The van der Waals surface area contributed by atoms with Crippen molar-refractivity contribution in [3.05, 3.63) is 0 Å². The Morgan fingerprint density at radius 3 is 1.71 bits per heavy atom. The van der Waals surface area contributed by atoms with Gasteiger partial charge in [-0.15, -0.1) is 0 Å². The quantitative estimate of drug-likeness (QED) is 0.588. The van der Waals surface area contributed by atoms with Crippen LogP contribution in [0.15, 0.2) is 0 Å². The van der Waals surface area contributed by atoms with E-state index in [0.717, 1.165) is 0 Å². The molecule has 0 aromatic heterocycles. The molecule has 0 aromatic carbocycles. The van der Waals surface area contributed by atoms with Crippen LogP contribution in [-0.4, -0.2) is 55.5 Å². The summed E-state index contributed by atoms with van der Waals surface area (Å²) in [4.78, 5) is 34.1. The topological polar surface area (TPSA) is 72.9 Å². The van der Waals surface area contributed by atoms with E-state index in [4.69, 9.17) is 9.47 Å². The van der Waals surface area contributed by atoms with E-state index in [1.54, 1.807) is 11.9 Å². The third kappa shape index (κ3) is 8.38. The average Bonchev–Trinajstić information content (AvgIpc) is 2.15. The largest absolute Gasteiger partial charge is 0.464 e. The van der Waals surface area contributed by atoms with E-state index in [0.29, 0.717) is 0 Å². The van der Waals surface area contributed by atoms with E-state index in [2.05, 4.69) is 0 Å². The van der Waals surface area contributed by atoms with E-state index in [1.165, 1.54) is 20.8 Å². The van der Waals surface area contributed by atoms with Crippen molar-refractivity contribution < 1.29 is 23.9 Å². The first-order valence-electron chi connectivity index (χ1n) is 5.29. The van der Waals surface area contributed by atoms with Crippen molar-refractivity contribution in [2.45, 2.75) is 26.8 Å². The van der Waals surface area contributed by atoms with Crippen LogP contribution in [0.4, 0.5) is 0 Å². The number of esters is 2. The molecular weight excluding hydrogens is 226 g/mol. The molecule has 0 aromatic rings. The molecule has 0 atom stereocenters. The van der Waals surface area contributed by atoms with Gasteiger partial charge in [-0.1, -0.05) is 0 Å². The molecule has 0 aliphatic rings. The number of carbonyl (C=O) groups is 3. The van der Waals surface area contributed by atoms with Gasteiger partial charge in [0.2, 0.25) is 0 Å². The summed E-state index contributed by atoms with van der Waals surface area (Å²) in [5, 5.41) is 0. The lowest BCUT2D eigenvalue weighted by Gasteiger charge is -2.26. The van der Waals surface area contributed by atoms with Gasteiger partial charge in [-0.05, 0) is 14.0 Å². The number of rotatable bonds is 7. The fraction of sp³-hybridized carbons (Fsp3) is 0.727. The molecule has 0 aliphatic carbocycles. The summed E-state index contributed by atoms with van der Waals surface area (Å²) in [5.74, 6) is -0.828. The molecule has 0 aliphatic heterocycles. The van der Waals surface area contributed by atoms with Crippen molar-refractivity contribution in [3.63, 3.8) is 0 Å². The Kier molecular flexibility index (Phi) is 7.13. The zero-order chi connectivity index (χ0) is 13.4. The fourth-order valence-electron chi connectivity index (χ4n) is 1.21. The van der Waals surface area contributed by atoms with Crippen molar-refractivity contribution >= 4 is 17.7 Å². The summed E-state index contributed by atoms with van der Waals surface area (Å²) in [7, 11) is 1.71. The molecule has 0 saturated carbocycles. The standard InChI is InChI=1S/C11H19NO5/c1-8(13)5-12(4)11(6-16-9(2)14)7-17-10(3)15/h11H,5-7H2,1-4H3. The van der Waals surface area contributed by atoms with Crippen molar-refractivity contribution in [2.24, 2.45) is 0 Å². The number of hydrogen-bond acceptors (Lipinski definition) is 6. The van der Waals surface area contributed by atoms with Crippen LogP contribution in [0.3, 0.4) is 0 Å². The zero-order valence-electron chi connectivity index (χ0n) is 10.7. The van der Waals surface area contributed by atoms with Gasteiger partial charge >= 0.3 is 11.9 Å².